The minimum atomic E-state index is -0.557. The minimum Gasteiger partial charge on any atom is -0.396 e. The van der Waals surface area contributed by atoms with Crippen LogP contribution in [0.4, 0.5) is 0 Å². The first kappa shape index (κ1) is 19.9. The summed E-state index contributed by atoms with van der Waals surface area (Å²) in [5.74, 6) is 0.571. The number of hydrogen-bond acceptors (Lipinski definition) is 4. The molecule has 2 atom stereocenters. The first-order chi connectivity index (χ1) is 11.9. The molecule has 1 aromatic rings. The molecule has 2 rings (SSSR count). The normalized spacial score (nSPS) is 21.1. The highest BCUT2D eigenvalue weighted by Crippen LogP contribution is 2.31. The van der Waals surface area contributed by atoms with Crippen molar-refractivity contribution in [1.82, 2.24) is 9.80 Å². The zero-order chi connectivity index (χ0) is 18.4. The summed E-state index contributed by atoms with van der Waals surface area (Å²) in [6.07, 6.45) is 0. The number of aliphatic hydroxyl groups is 1. The van der Waals surface area contributed by atoms with Crippen molar-refractivity contribution in [2.24, 2.45) is 11.8 Å². The van der Waals surface area contributed by atoms with Crippen LogP contribution in [0.1, 0.15) is 19.4 Å². The number of hydrogen-bond donors (Lipinski definition) is 1. The molecule has 1 aliphatic rings. The van der Waals surface area contributed by atoms with E-state index < -0.39 is 5.41 Å². The van der Waals surface area contributed by atoms with Gasteiger partial charge in [-0.1, -0.05) is 30.3 Å². The topological polar surface area (TPSA) is 53.0 Å². The van der Waals surface area contributed by atoms with Gasteiger partial charge in [-0.25, -0.2) is 0 Å². The molecule has 1 fully saturated rings. The van der Waals surface area contributed by atoms with Gasteiger partial charge in [0.15, 0.2) is 0 Å². The van der Waals surface area contributed by atoms with E-state index in [2.05, 4.69) is 11.9 Å². The Labute approximate surface area is 151 Å². The molecule has 0 spiro atoms. The van der Waals surface area contributed by atoms with E-state index in [-0.39, 0.29) is 18.4 Å². The Balaban J connectivity index is 2.04. The molecule has 0 radical (unpaired) electrons. The lowest BCUT2D eigenvalue weighted by molar-refractivity contribution is -0.135. The van der Waals surface area contributed by atoms with Crippen molar-refractivity contribution >= 4 is 5.91 Å². The van der Waals surface area contributed by atoms with Crippen LogP contribution in [0.2, 0.25) is 0 Å². The molecule has 5 heteroatoms. The van der Waals surface area contributed by atoms with Crippen LogP contribution >= 0.6 is 0 Å². The van der Waals surface area contributed by atoms with Gasteiger partial charge < -0.3 is 19.6 Å². The van der Waals surface area contributed by atoms with E-state index in [9.17, 15) is 9.90 Å². The predicted octanol–water partition coefficient (Wildman–Crippen LogP) is 1.61. The molecule has 25 heavy (non-hydrogen) atoms. The Kier molecular flexibility index (Phi) is 6.99. The van der Waals surface area contributed by atoms with Crippen molar-refractivity contribution in [3.63, 3.8) is 0 Å². The van der Waals surface area contributed by atoms with Crippen LogP contribution in [0, 0.1) is 11.8 Å². The monoisotopic (exact) mass is 348 g/mol. The Hall–Kier alpha value is -1.43. The SMILES string of the molecule is COCCN(C)C[C@@H]1CN(C(=O)C(C)(C)c2ccccc2)C[C@@H]1CO. The fourth-order valence-electron chi connectivity index (χ4n) is 3.63. The van der Waals surface area contributed by atoms with Crippen LogP contribution in [0.25, 0.3) is 0 Å². The first-order valence-corrected chi connectivity index (χ1v) is 9.03. The first-order valence-electron chi connectivity index (χ1n) is 9.03. The van der Waals surface area contributed by atoms with Gasteiger partial charge in [0.25, 0.3) is 0 Å². The van der Waals surface area contributed by atoms with Gasteiger partial charge in [-0.2, -0.15) is 0 Å². The van der Waals surface area contributed by atoms with Crippen LogP contribution in [0.5, 0.6) is 0 Å². The molecule has 0 bridgehead atoms. The number of rotatable bonds is 8. The molecule has 140 valence electrons. The average Bonchev–Trinajstić information content (AvgIpc) is 3.02. The van der Waals surface area contributed by atoms with Gasteiger partial charge in [-0.05, 0) is 32.4 Å². The summed E-state index contributed by atoms with van der Waals surface area (Å²) in [6.45, 7) is 7.84. The standard InChI is InChI=1S/C20H32N2O3/c1-20(2,18-8-6-5-7-9-18)19(24)22-13-16(17(14-22)15-23)12-21(3)10-11-25-4/h5-9,16-17,23H,10-15H2,1-4H3/t16-,17-/m1/s1. The van der Waals surface area contributed by atoms with Crippen molar-refractivity contribution in [2.75, 3.05) is 53.6 Å². The molecular formula is C20H32N2O3. The number of likely N-dealkylation sites (N-methyl/N-ethyl adjacent to an activating group) is 1. The van der Waals surface area contributed by atoms with Gasteiger partial charge in [0.1, 0.15) is 0 Å². The third-order valence-corrected chi connectivity index (χ3v) is 5.35. The van der Waals surface area contributed by atoms with Gasteiger partial charge in [0, 0.05) is 45.8 Å². The second kappa shape index (κ2) is 8.79. The van der Waals surface area contributed by atoms with Gasteiger partial charge in [-0.15, -0.1) is 0 Å². The van der Waals surface area contributed by atoms with Crippen LogP contribution in [0.3, 0.4) is 0 Å². The summed E-state index contributed by atoms with van der Waals surface area (Å²) in [5, 5.41) is 9.76. The fraction of sp³-hybridized carbons (Fsp3) is 0.650. The molecule has 1 N–H and O–H groups in total. The molecule has 0 unspecified atom stereocenters. The second-order valence-corrected chi connectivity index (χ2v) is 7.66. The molecule has 1 aliphatic heterocycles. The van der Waals surface area contributed by atoms with E-state index in [1.165, 1.54) is 0 Å². The summed E-state index contributed by atoms with van der Waals surface area (Å²) in [6, 6.07) is 9.92. The number of likely N-dealkylation sites (tertiary alicyclic amines) is 1. The third-order valence-electron chi connectivity index (χ3n) is 5.35. The summed E-state index contributed by atoms with van der Waals surface area (Å²) in [7, 11) is 3.76. The maximum Gasteiger partial charge on any atom is 0.232 e. The van der Waals surface area contributed by atoms with Crippen LogP contribution < -0.4 is 0 Å². The summed E-state index contributed by atoms with van der Waals surface area (Å²) < 4.78 is 5.13. The Morgan fingerprint density at radius 3 is 2.52 bits per heavy atom. The largest absolute Gasteiger partial charge is 0.396 e. The molecular weight excluding hydrogens is 316 g/mol. The highest BCUT2D eigenvalue weighted by Gasteiger charge is 2.41. The summed E-state index contributed by atoms with van der Waals surface area (Å²) in [5.41, 5.74) is 0.471. The zero-order valence-electron chi connectivity index (χ0n) is 15.9. The van der Waals surface area contributed by atoms with Gasteiger partial charge in [0.2, 0.25) is 5.91 Å². The molecule has 0 saturated carbocycles. The number of benzene rings is 1. The van der Waals surface area contributed by atoms with Crippen molar-refractivity contribution in [1.29, 1.82) is 0 Å². The van der Waals surface area contributed by atoms with Crippen molar-refractivity contribution in [3.05, 3.63) is 35.9 Å². The molecule has 0 aliphatic carbocycles. The van der Waals surface area contributed by atoms with Gasteiger partial charge in [0.05, 0.1) is 12.0 Å². The Morgan fingerprint density at radius 2 is 1.92 bits per heavy atom. The van der Waals surface area contributed by atoms with E-state index >= 15 is 0 Å². The molecule has 1 amide bonds. The van der Waals surface area contributed by atoms with Gasteiger partial charge >= 0.3 is 0 Å². The number of nitrogens with zero attached hydrogens (tertiary/aromatic N) is 2. The quantitative estimate of drug-likeness (QED) is 0.775. The number of methoxy groups -OCH3 is 1. The van der Waals surface area contributed by atoms with E-state index in [4.69, 9.17) is 4.74 Å². The number of aliphatic hydroxyl groups excluding tert-OH is 1. The smallest absolute Gasteiger partial charge is 0.232 e. The summed E-state index contributed by atoms with van der Waals surface area (Å²) >= 11 is 0. The van der Waals surface area contributed by atoms with Crippen LogP contribution in [0.15, 0.2) is 30.3 Å². The maximum atomic E-state index is 13.1. The lowest BCUT2D eigenvalue weighted by atomic mass is 9.83. The van der Waals surface area contributed by atoms with E-state index in [0.29, 0.717) is 25.6 Å². The molecule has 5 nitrogen and oxygen atoms in total. The van der Waals surface area contributed by atoms with Crippen molar-refractivity contribution in [2.45, 2.75) is 19.3 Å². The molecule has 1 saturated heterocycles. The Morgan fingerprint density at radius 1 is 1.28 bits per heavy atom. The van der Waals surface area contributed by atoms with E-state index in [1.54, 1.807) is 7.11 Å². The van der Waals surface area contributed by atoms with E-state index in [0.717, 1.165) is 18.7 Å². The lowest BCUT2D eigenvalue weighted by Crippen LogP contribution is -2.43. The fourth-order valence-corrected chi connectivity index (χ4v) is 3.63. The van der Waals surface area contributed by atoms with Crippen molar-refractivity contribution in [3.8, 4) is 0 Å². The minimum absolute atomic E-state index is 0.123. The summed E-state index contributed by atoms with van der Waals surface area (Å²) in [4.78, 5) is 17.3. The number of amides is 1. The third kappa shape index (κ3) is 4.81. The average molecular weight is 348 g/mol. The highest BCUT2D eigenvalue weighted by molar-refractivity contribution is 5.87. The molecule has 1 aromatic carbocycles. The van der Waals surface area contributed by atoms with Gasteiger partial charge in [-0.3, -0.25) is 4.79 Å². The van der Waals surface area contributed by atoms with Crippen LogP contribution in [-0.4, -0.2) is 74.4 Å². The predicted molar refractivity (Wildman–Crippen MR) is 99.5 cm³/mol. The number of carbonyl (C=O) groups excluding carboxylic acids is 1. The second-order valence-electron chi connectivity index (χ2n) is 7.66. The number of ether oxygens (including phenoxy) is 1. The number of carbonyl (C=O) groups is 1. The highest BCUT2D eigenvalue weighted by atomic mass is 16.5. The molecule has 0 aromatic heterocycles. The van der Waals surface area contributed by atoms with Crippen LogP contribution in [-0.2, 0) is 14.9 Å². The Bertz CT molecular complexity index is 547. The van der Waals surface area contributed by atoms with Crippen molar-refractivity contribution < 1.29 is 14.6 Å². The molecule has 1 heterocycles. The zero-order valence-corrected chi connectivity index (χ0v) is 15.9. The maximum absolute atomic E-state index is 13.1. The van der Waals surface area contributed by atoms with E-state index in [1.807, 2.05) is 49.1 Å². The lowest BCUT2D eigenvalue weighted by Gasteiger charge is -2.30.